The fourth-order valence-electron chi connectivity index (χ4n) is 2.66. The molecule has 1 fully saturated rings. The van der Waals surface area contributed by atoms with Crippen LogP contribution in [0.25, 0.3) is 0 Å². The van der Waals surface area contributed by atoms with E-state index in [-0.39, 0.29) is 18.5 Å². The Kier molecular flexibility index (Phi) is 8.15. The summed E-state index contributed by atoms with van der Waals surface area (Å²) in [7, 11) is 0. The number of ether oxygens (including phenoxy) is 1. The van der Waals surface area contributed by atoms with E-state index in [1.807, 2.05) is 38.1 Å². The van der Waals surface area contributed by atoms with Gasteiger partial charge in [0.1, 0.15) is 12.4 Å². The molecule has 1 aromatic rings. The third kappa shape index (κ3) is 7.59. The number of carbonyl (C=O) groups is 2. The number of nitrogens with one attached hydrogen (secondary N) is 2. The fourth-order valence-corrected chi connectivity index (χ4v) is 2.79. The van der Waals surface area contributed by atoms with Crippen LogP contribution in [0, 0.1) is 0 Å². The molecular weight excluding hydrogens is 356 g/mol. The highest BCUT2D eigenvalue weighted by Gasteiger charge is 2.19. The Morgan fingerprint density at radius 2 is 1.73 bits per heavy atom. The second-order valence-electron chi connectivity index (χ2n) is 6.60. The smallest absolute Gasteiger partial charge is 0.321 e. The number of amides is 3. The number of hydrogen-bond donors (Lipinski definition) is 2. The third-order valence-corrected chi connectivity index (χ3v) is 4.25. The third-order valence-electron chi connectivity index (χ3n) is 3.99. The molecule has 1 aliphatic rings. The van der Waals surface area contributed by atoms with E-state index in [0.29, 0.717) is 11.6 Å². The highest BCUT2D eigenvalue weighted by Crippen LogP contribution is 2.15. The van der Waals surface area contributed by atoms with Crippen molar-refractivity contribution in [3.05, 3.63) is 29.3 Å². The maximum Gasteiger partial charge on any atom is 0.321 e. The number of urea groups is 1. The van der Waals surface area contributed by atoms with Crippen molar-refractivity contribution < 1.29 is 14.3 Å². The molecule has 26 heavy (non-hydrogen) atoms. The summed E-state index contributed by atoms with van der Waals surface area (Å²) in [4.78, 5) is 27.8. The fraction of sp³-hybridized carbons (Fsp3) is 0.556. The normalized spacial score (nSPS) is 15.7. The van der Waals surface area contributed by atoms with E-state index in [2.05, 4.69) is 20.4 Å². The molecular formula is C18H27ClN4O3. The van der Waals surface area contributed by atoms with Crippen molar-refractivity contribution in [2.75, 3.05) is 45.9 Å². The quantitative estimate of drug-likeness (QED) is 0.748. The first-order valence-electron chi connectivity index (χ1n) is 8.86. The van der Waals surface area contributed by atoms with Gasteiger partial charge in [0.15, 0.2) is 0 Å². The van der Waals surface area contributed by atoms with Crippen molar-refractivity contribution >= 4 is 23.5 Å². The molecule has 3 amide bonds. The lowest BCUT2D eigenvalue weighted by molar-refractivity contribution is -0.121. The number of halogens is 1. The summed E-state index contributed by atoms with van der Waals surface area (Å²) in [6.45, 7) is 8.70. The van der Waals surface area contributed by atoms with Gasteiger partial charge >= 0.3 is 6.03 Å². The molecule has 0 bridgehead atoms. The zero-order valence-corrected chi connectivity index (χ0v) is 16.1. The van der Waals surface area contributed by atoms with Crippen LogP contribution in [0.15, 0.2) is 24.3 Å². The number of nitrogens with zero attached hydrogens (tertiary/aromatic N) is 2. The lowest BCUT2D eigenvalue weighted by Crippen LogP contribution is -2.52. The van der Waals surface area contributed by atoms with E-state index in [1.54, 1.807) is 0 Å². The highest BCUT2D eigenvalue weighted by molar-refractivity contribution is 6.30. The Labute approximate surface area is 159 Å². The summed E-state index contributed by atoms with van der Waals surface area (Å²) in [6.07, 6.45) is 0. The van der Waals surface area contributed by atoms with Crippen molar-refractivity contribution in [3.63, 3.8) is 0 Å². The van der Waals surface area contributed by atoms with E-state index >= 15 is 0 Å². The van der Waals surface area contributed by atoms with Crippen LogP contribution in [0.4, 0.5) is 4.79 Å². The maximum absolute atomic E-state index is 11.9. The number of imide groups is 1. The summed E-state index contributed by atoms with van der Waals surface area (Å²) in [6, 6.07) is 6.89. The van der Waals surface area contributed by atoms with E-state index in [0.717, 1.165) is 38.5 Å². The molecule has 7 nitrogen and oxygen atoms in total. The number of rotatable bonds is 7. The summed E-state index contributed by atoms with van der Waals surface area (Å²) in [5.74, 6) is 0.534. The zero-order chi connectivity index (χ0) is 18.9. The topological polar surface area (TPSA) is 73.9 Å². The lowest BCUT2D eigenvalue weighted by atomic mass is 10.3. The molecule has 1 aliphatic heterocycles. The molecule has 1 saturated heterocycles. The monoisotopic (exact) mass is 382 g/mol. The molecule has 0 unspecified atom stereocenters. The standard InChI is InChI=1S/C18H27ClN4O3/c1-14(2)20-18(25)21-17(24)13-23-9-7-22(8-10-23)11-12-26-16-5-3-15(19)4-6-16/h3-6,14H,7-13H2,1-2H3,(H2,20,21,24,25). The Hall–Kier alpha value is -1.83. The largest absolute Gasteiger partial charge is 0.492 e. The van der Waals surface area contributed by atoms with Crippen molar-refractivity contribution in [3.8, 4) is 5.75 Å². The molecule has 1 aromatic carbocycles. The van der Waals surface area contributed by atoms with Gasteiger partial charge in [-0.15, -0.1) is 0 Å². The van der Waals surface area contributed by atoms with E-state index in [4.69, 9.17) is 16.3 Å². The highest BCUT2D eigenvalue weighted by atomic mass is 35.5. The summed E-state index contributed by atoms with van der Waals surface area (Å²) in [5.41, 5.74) is 0. The first-order valence-corrected chi connectivity index (χ1v) is 9.23. The molecule has 2 rings (SSSR count). The predicted molar refractivity (Wildman–Crippen MR) is 102 cm³/mol. The summed E-state index contributed by atoms with van der Waals surface area (Å²) in [5, 5.41) is 5.69. The van der Waals surface area contributed by atoms with Crippen molar-refractivity contribution in [2.45, 2.75) is 19.9 Å². The molecule has 1 heterocycles. The maximum atomic E-state index is 11.9. The molecule has 0 radical (unpaired) electrons. The Morgan fingerprint density at radius 3 is 2.35 bits per heavy atom. The molecule has 0 spiro atoms. The average Bonchev–Trinajstić information content (AvgIpc) is 2.57. The first kappa shape index (κ1) is 20.5. The lowest BCUT2D eigenvalue weighted by Gasteiger charge is -2.34. The number of carbonyl (C=O) groups excluding carboxylic acids is 2. The van der Waals surface area contributed by atoms with Crippen LogP contribution in [0.1, 0.15) is 13.8 Å². The van der Waals surface area contributed by atoms with Crippen LogP contribution in [-0.2, 0) is 4.79 Å². The van der Waals surface area contributed by atoms with Gasteiger partial charge in [0, 0.05) is 43.8 Å². The van der Waals surface area contributed by atoms with Gasteiger partial charge in [-0.25, -0.2) is 4.79 Å². The first-order chi connectivity index (χ1) is 12.4. The molecule has 8 heteroatoms. The van der Waals surface area contributed by atoms with Gasteiger partial charge in [-0.3, -0.25) is 19.9 Å². The minimum Gasteiger partial charge on any atom is -0.492 e. The van der Waals surface area contributed by atoms with E-state index < -0.39 is 6.03 Å². The van der Waals surface area contributed by atoms with Crippen LogP contribution < -0.4 is 15.4 Å². The summed E-state index contributed by atoms with van der Waals surface area (Å²) < 4.78 is 5.71. The molecule has 0 saturated carbocycles. The molecule has 0 atom stereocenters. The minimum absolute atomic E-state index is 0.00133. The van der Waals surface area contributed by atoms with Crippen LogP contribution in [0.2, 0.25) is 5.02 Å². The van der Waals surface area contributed by atoms with Gasteiger partial charge < -0.3 is 10.1 Å². The van der Waals surface area contributed by atoms with Gasteiger partial charge in [0.2, 0.25) is 5.91 Å². The van der Waals surface area contributed by atoms with Gasteiger partial charge in [-0.2, -0.15) is 0 Å². The van der Waals surface area contributed by atoms with Crippen LogP contribution in [0.5, 0.6) is 5.75 Å². The number of benzene rings is 1. The Balaban J connectivity index is 1.60. The second kappa shape index (κ2) is 10.4. The van der Waals surface area contributed by atoms with Crippen LogP contribution in [0.3, 0.4) is 0 Å². The van der Waals surface area contributed by atoms with Gasteiger partial charge in [-0.05, 0) is 38.1 Å². The minimum atomic E-state index is -0.442. The second-order valence-corrected chi connectivity index (χ2v) is 7.03. The molecule has 0 aliphatic carbocycles. The van der Waals surface area contributed by atoms with Crippen molar-refractivity contribution in [1.82, 2.24) is 20.4 Å². The molecule has 144 valence electrons. The Bertz CT molecular complexity index is 587. The van der Waals surface area contributed by atoms with Crippen molar-refractivity contribution in [1.29, 1.82) is 0 Å². The average molecular weight is 383 g/mol. The van der Waals surface area contributed by atoms with Crippen molar-refractivity contribution in [2.24, 2.45) is 0 Å². The summed E-state index contributed by atoms with van der Waals surface area (Å²) >= 11 is 5.85. The predicted octanol–water partition coefficient (Wildman–Crippen LogP) is 1.57. The molecule has 0 aromatic heterocycles. The van der Waals surface area contributed by atoms with Gasteiger partial charge in [0.05, 0.1) is 6.54 Å². The Morgan fingerprint density at radius 1 is 1.12 bits per heavy atom. The molecule has 2 N–H and O–H groups in total. The van der Waals surface area contributed by atoms with Gasteiger partial charge in [-0.1, -0.05) is 11.6 Å². The number of piperazine rings is 1. The van der Waals surface area contributed by atoms with Gasteiger partial charge in [0.25, 0.3) is 0 Å². The van der Waals surface area contributed by atoms with Crippen LogP contribution >= 0.6 is 11.6 Å². The van der Waals surface area contributed by atoms with E-state index in [1.165, 1.54) is 0 Å². The van der Waals surface area contributed by atoms with Crippen LogP contribution in [-0.4, -0.2) is 73.7 Å². The van der Waals surface area contributed by atoms with E-state index in [9.17, 15) is 9.59 Å². The number of hydrogen-bond acceptors (Lipinski definition) is 5. The zero-order valence-electron chi connectivity index (χ0n) is 15.3. The SMILES string of the molecule is CC(C)NC(=O)NC(=O)CN1CCN(CCOc2ccc(Cl)cc2)CC1.